The van der Waals surface area contributed by atoms with Gasteiger partial charge in [-0.2, -0.15) is 0 Å². The molecule has 0 spiro atoms. The summed E-state index contributed by atoms with van der Waals surface area (Å²) in [6, 6.07) is 13.8. The van der Waals surface area contributed by atoms with Crippen LogP contribution in [0.2, 0.25) is 20.1 Å². The maximum absolute atomic E-state index is 12.8. The van der Waals surface area contributed by atoms with Crippen LogP contribution in [0.4, 0.5) is 0 Å². The molecular formula is C23H14Cl4O3. The van der Waals surface area contributed by atoms with Crippen molar-refractivity contribution in [3.05, 3.63) is 96.6 Å². The number of hydrogen-bond donors (Lipinski definition) is 0. The van der Waals surface area contributed by atoms with Gasteiger partial charge >= 0.3 is 0 Å². The molecule has 0 fully saturated rings. The van der Waals surface area contributed by atoms with Crippen molar-refractivity contribution in [1.29, 1.82) is 0 Å². The van der Waals surface area contributed by atoms with Gasteiger partial charge in [0.05, 0.1) is 15.6 Å². The van der Waals surface area contributed by atoms with E-state index in [9.17, 15) is 4.79 Å². The molecule has 7 heteroatoms. The molecule has 0 aromatic heterocycles. The summed E-state index contributed by atoms with van der Waals surface area (Å²) in [6.45, 7) is 2.02. The number of fused-ring (bicyclic) bond motifs is 1. The summed E-state index contributed by atoms with van der Waals surface area (Å²) in [5, 5.41) is 1.90. The van der Waals surface area contributed by atoms with E-state index in [4.69, 9.17) is 55.9 Å². The molecule has 30 heavy (non-hydrogen) atoms. The largest absolute Gasteiger partial charge is 0.488 e. The Labute approximate surface area is 193 Å². The molecule has 0 aliphatic carbocycles. The molecule has 0 saturated carbocycles. The lowest BCUT2D eigenvalue weighted by Gasteiger charge is -2.13. The Kier molecular flexibility index (Phi) is 5.99. The second-order valence-electron chi connectivity index (χ2n) is 6.67. The maximum Gasteiger partial charge on any atom is 0.231 e. The molecule has 0 radical (unpaired) electrons. The summed E-state index contributed by atoms with van der Waals surface area (Å²) in [6.07, 6.45) is 1.63. The van der Waals surface area contributed by atoms with E-state index in [0.29, 0.717) is 53.8 Å². The summed E-state index contributed by atoms with van der Waals surface area (Å²) in [7, 11) is 0. The normalized spacial score (nSPS) is 14.0. The van der Waals surface area contributed by atoms with Crippen LogP contribution in [0.15, 0.2) is 54.3 Å². The highest BCUT2D eigenvalue weighted by Gasteiger charge is 2.30. The summed E-state index contributed by atoms with van der Waals surface area (Å²) < 4.78 is 11.8. The van der Waals surface area contributed by atoms with Crippen LogP contribution in [0.1, 0.15) is 27.0 Å². The highest BCUT2D eigenvalue weighted by Crippen LogP contribution is 2.40. The number of rotatable bonds is 4. The average Bonchev–Trinajstić information content (AvgIpc) is 3.02. The first-order chi connectivity index (χ1) is 14.3. The number of ether oxygens (including phenoxy) is 2. The Hall–Kier alpha value is -2.17. The summed E-state index contributed by atoms with van der Waals surface area (Å²) >= 11 is 24.4. The first-order valence-electron chi connectivity index (χ1n) is 8.93. The van der Waals surface area contributed by atoms with E-state index in [1.54, 1.807) is 54.6 Å². The van der Waals surface area contributed by atoms with Gasteiger partial charge in [-0.15, -0.1) is 0 Å². The van der Waals surface area contributed by atoms with E-state index < -0.39 is 0 Å². The Balaban J connectivity index is 1.60. The van der Waals surface area contributed by atoms with E-state index in [-0.39, 0.29) is 18.1 Å². The lowest BCUT2D eigenvalue weighted by molar-refractivity contribution is 0.101. The van der Waals surface area contributed by atoms with Gasteiger partial charge in [-0.05, 0) is 55.0 Å². The van der Waals surface area contributed by atoms with Crippen LogP contribution in [0.25, 0.3) is 6.08 Å². The smallest absolute Gasteiger partial charge is 0.231 e. The number of carbonyl (C=O) groups excluding carboxylic acids is 1. The van der Waals surface area contributed by atoms with Crippen LogP contribution in [-0.4, -0.2) is 5.78 Å². The highest BCUT2D eigenvalue weighted by molar-refractivity contribution is 6.42. The molecule has 3 aromatic rings. The number of hydrogen-bond acceptors (Lipinski definition) is 3. The Bertz CT molecular complexity index is 1180. The second kappa shape index (κ2) is 8.52. The van der Waals surface area contributed by atoms with Gasteiger partial charge in [0.15, 0.2) is 5.76 Å². The van der Waals surface area contributed by atoms with E-state index >= 15 is 0 Å². The maximum atomic E-state index is 12.8. The molecule has 0 saturated heterocycles. The predicted molar refractivity (Wildman–Crippen MR) is 121 cm³/mol. The first-order valence-corrected chi connectivity index (χ1v) is 10.4. The number of carbonyl (C=O) groups is 1. The molecular weight excluding hydrogens is 466 g/mol. The molecule has 0 atom stereocenters. The Morgan fingerprint density at radius 3 is 2.37 bits per heavy atom. The van der Waals surface area contributed by atoms with Crippen LogP contribution in [0.5, 0.6) is 11.5 Å². The zero-order chi connectivity index (χ0) is 21.4. The van der Waals surface area contributed by atoms with Crippen molar-refractivity contribution >= 4 is 58.3 Å². The molecule has 0 amide bonds. The Morgan fingerprint density at radius 1 is 0.933 bits per heavy atom. The van der Waals surface area contributed by atoms with Crippen molar-refractivity contribution in [3.8, 4) is 11.5 Å². The molecule has 0 bridgehead atoms. The van der Waals surface area contributed by atoms with Crippen molar-refractivity contribution in [3.63, 3.8) is 0 Å². The predicted octanol–water partition coefficient (Wildman–Crippen LogP) is 7.80. The fourth-order valence-corrected chi connectivity index (χ4v) is 3.91. The van der Waals surface area contributed by atoms with Gasteiger partial charge in [0.2, 0.25) is 5.78 Å². The van der Waals surface area contributed by atoms with Crippen LogP contribution < -0.4 is 9.47 Å². The van der Waals surface area contributed by atoms with Crippen molar-refractivity contribution in [2.24, 2.45) is 0 Å². The van der Waals surface area contributed by atoms with Crippen molar-refractivity contribution in [2.45, 2.75) is 13.5 Å². The van der Waals surface area contributed by atoms with Crippen molar-refractivity contribution in [2.75, 3.05) is 0 Å². The topological polar surface area (TPSA) is 35.5 Å². The van der Waals surface area contributed by atoms with Crippen LogP contribution in [0, 0.1) is 6.92 Å². The van der Waals surface area contributed by atoms with E-state index in [1.807, 2.05) is 6.92 Å². The number of allylic oxidation sites excluding steroid dienone is 1. The standard InChI is InChI=1S/C23H14Cl4O3/c1-12-20(29-11-15-16(24)3-2-4-17(15)25)8-6-14-22(28)21(30-23(12)14)10-13-5-7-18(26)19(27)9-13/h2-10H,11H2,1H3/b21-10-. The Morgan fingerprint density at radius 2 is 1.67 bits per heavy atom. The van der Waals surface area contributed by atoms with Gasteiger partial charge in [0, 0.05) is 21.2 Å². The molecule has 3 nitrogen and oxygen atoms in total. The SMILES string of the molecule is Cc1c(OCc2c(Cl)cccc2Cl)ccc2c1O/C(=C\c1ccc(Cl)c(Cl)c1)C2=O. The second-order valence-corrected chi connectivity index (χ2v) is 8.30. The number of halogens is 4. The molecule has 1 heterocycles. The highest BCUT2D eigenvalue weighted by atomic mass is 35.5. The van der Waals surface area contributed by atoms with Crippen LogP contribution in [-0.2, 0) is 6.61 Å². The minimum absolute atomic E-state index is 0.193. The molecule has 0 N–H and O–H groups in total. The molecule has 3 aromatic carbocycles. The molecule has 0 unspecified atom stereocenters. The van der Waals surface area contributed by atoms with Gasteiger partial charge in [0.1, 0.15) is 18.1 Å². The minimum atomic E-state index is -0.208. The quantitative estimate of drug-likeness (QED) is 0.358. The monoisotopic (exact) mass is 478 g/mol. The van der Waals surface area contributed by atoms with E-state index in [2.05, 4.69) is 0 Å². The van der Waals surface area contributed by atoms with Crippen molar-refractivity contribution < 1.29 is 14.3 Å². The first kappa shape index (κ1) is 21.1. The molecule has 152 valence electrons. The fraction of sp³-hybridized carbons (Fsp3) is 0.0870. The van der Waals surface area contributed by atoms with Gasteiger partial charge in [0.25, 0.3) is 0 Å². The average molecular weight is 480 g/mol. The summed E-state index contributed by atoms with van der Waals surface area (Å²) in [5.41, 5.74) is 2.59. The van der Waals surface area contributed by atoms with Gasteiger partial charge < -0.3 is 9.47 Å². The third kappa shape index (κ3) is 4.03. The lowest BCUT2D eigenvalue weighted by atomic mass is 10.1. The van der Waals surface area contributed by atoms with E-state index in [1.165, 1.54) is 0 Å². The third-order valence-corrected chi connectivity index (χ3v) is 6.16. The number of ketones is 1. The van der Waals surface area contributed by atoms with Crippen molar-refractivity contribution in [1.82, 2.24) is 0 Å². The molecule has 1 aliphatic rings. The number of benzene rings is 3. The van der Waals surface area contributed by atoms with Crippen LogP contribution >= 0.6 is 46.4 Å². The fourth-order valence-electron chi connectivity index (χ4n) is 3.10. The lowest BCUT2D eigenvalue weighted by Crippen LogP contribution is -2.00. The van der Waals surface area contributed by atoms with Crippen LogP contribution in [0.3, 0.4) is 0 Å². The van der Waals surface area contributed by atoms with Gasteiger partial charge in [-0.25, -0.2) is 0 Å². The molecule has 4 rings (SSSR count). The zero-order valence-electron chi connectivity index (χ0n) is 15.6. The molecule has 1 aliphatic heterocycles. The minimum Gasteiger partial charge on any atom is -0.488 e. The third-order valence-electron chi connectivity index (χ3n) is 4.71. The number of Topliss-reactive ketones (excluding diaryl/α,β-unsaturated/α-hetero) is 1. The van der Waals surface area contributed by atoms with E-state index in [0.717, 1.165) is 0 Å². The van der Waals surface area contributed by atoms with Gasteiger partial charge in [-0.1, -0.05) is 58.5 Å². The summed E-state index contributed by atoms with van der Waals surface area (Å²) in [4.78, 5) is 12.8. The van der Waals surface area contributed by atoms with Gasteiger partial charge in [-0.3, -0.25) is 4.79 Å². The summed E-state index contributed by atoms with van der Waals surface area (Å²) in [5.74, 6) is 1.04. The zero-order valence-corrected chi connectivity index (χ0v) is 18.7.